The average molecular weight is 238 g/mol. The number of carboxylic acid groups (broad SMARTS) is 1. The minimum absolute atomic E-state index is 0.428. The van der Waals surface area contributed by atoms with Gasteiger partial charge in [-0.15, -0.1) is 0 Å². The zero-order valence-corrected chi connectivity index (χ0v) is 11.1. The van der Waals surface area contributed by atoms with Crippen LogP contribution in [0, 0.1) is 17.3 Å². The highest BCUT2D eigenvalue weighted by atomic mass is 16.4. The Kier molecular flexibility index (Phi) is 4.11. The average Bonchev–Trinajstić information content (AvgIpc) is 2.39. The van der Waals surface area contributed by atoms with Crippen molar-refractivity contribution in [3.8, 4) is 0 Å². The van der Waals surface area contributed by atoms with Crippen LogP contribution < -0.4 is 0 Å². The highest BCUT2D eigenvalue weighted by molar-refractivity contribution is 5.75. The van der Waals surface area contributed by atoms with Crippen LogP contribution in [-0.4, -0.2) is 11.1 Å². The molecule has 2 nitrogen and oxygen atoms in total. The van der Waals surface area contributed by atoms with Gasteiger partial charge < -0.3 is 5.11 Å². The predicted molar refractivity (Wildman–Crippen MR) is 68.9 cm³/mol. The molecule has 0 aliphatic heterocycles. The van der Waals surface area contributed by atoms with Gasteiger partial charge >= 0.3 is 5.97 Å². The lowest BCUT2D eigenvalue weighted by molar-refractivity contribution is -0.158. The van der Waals surface area contributed by atoms with Crippen LogP contribution in [-0.2, 0) is 4.79 Å². The maximum absolute atomic E-state index is 11.8. The Bertz CT molecular complexity index is 242. The smallest absolute Gasteiger partial charge is 0.309 e. The van der Waals surface area contributed by atoms with Crippen molar-refractivity contribution >= 4 is 5.97 Å². The summed E-state index contributed by atoms with van der Waals surface area (Å²) < 4.78 is 0. The summed E-state index contributed by atoms with van der Waals surface area (Å²) in [5, 5.41) is 9.74. The molecule has 98 valence electrons. The van der Waals surface area contributed by atoms with E-state index < -0.39 is 11.4 Å². The third-order valence-corrected chi connectivity index (χ3v) is 5.37. The Hall–Kier alpha value is -0.530. The lowest BCUT2D eigenvalue weighted by Gasteiger charge is -2.43. The Morgan fingerprint density at radius 3 is 1.53 bits per heavy atom. The minimum atomic E-state index is -0.531. The molecule has 2 heteroatoms. The van der Waals surface area contributed by atoms with Gasteiger partial charge in [-0.2, -0.15) is 0 Å². The molecule has 1 N–H and O–H groups in total. The summed E-state index contributed by atoms with van der Waals surface area (Å²) in [6.07, 6.45) is 12.1. The molecule has 0 aromatic carbocycles. The Morgan fingerprint density at radius 2 is 1.24 bits per heavy atom. The maximum atomic E-state index is 11.8. The minimum Gasteiger partial charge on any atom is -0.481 e. The molecule has 0 heterocycles. The standard InChI is InChI=1S/C15H26O2/c1-15(14(16)17,12-8-4-2-5-9-12)13-10-6-3-7-11-13/h12-13H,2-11H2,1H3,(H,16,17). The van der Waals surface area contributed by atoms with E-state index in [9.17, 15) is 9.90 Å². The Labute approximate surface area is 105 Å². The molecule has 2 fully saturated rings. The van der Waals surface area contributed by atoms with Crippen molar-refractivity contribution in [1.29, 1.82) is 0 Å². The van der Waals surface area contributed by atoms with Crippen molar-refractivity contribution in [3.05, 3.63) is 0 Å². The molecular weight excluding hydrogens is 212 g/mol. The molecule has 0 unspecified atom stereocenters. The second kappa shape index (κ2) is 5.41. The molecule has 0 saturated heterocycles. The largest absolute Gasteiger partial charge is 0.481 e. The van der Waals surface area contributed by atoms with Crippen molar-refractivity contribution < 1.29 is 9.90 Å². The lowest BCUT2D eigenvalue weighted by atomic mass is 9.60. The summed E-state index contributed by atoms with van der Waals surface area (Å²) in [6.45, 7) is 2.04. The number of carbonyl (C=O) groups is 1. The van der Waals surface area contributed by atoms with Gasteiger partial charge in [-0.3, -0.25) is 4.79 Å². The number of hydrogen-bond acceptors (Lipinski definition) is 1. The highest BCUT2D eigenvalue weighted by Gasteiger charge is 2.47. The SMILES string of the molecule is CC(C(=O)O)(C1CCCCC1)C1CCCCC1. The molecule has 0 amide bonds. The molecular formula is C15H26O2. The number of hydrogen-bond donors (Lipinski definition) is 1. The van der Waals surface area contributed by atoms with Gasteiger partial charge in [-0.25, -0.2) is 0 Å². The van der Waals surface area contributed by atoms with E-state index in [-0.39, 0.29) is 0 Å². The Morgan fingerprint density at radius 1 is 0.882 bits per heavy atom. The summed E-state index contributed by atoms with van der Waals surface area (Å²) in [6, 6.07) is 0. The summed E-state index contributed by atoms with van der Waals surface area (Å²) >= 11 is 0. The third-order valence-electron chi connectivity index (χ3n) is 5.37. The first-order valence-electron chi connectivity index (χ1n) is 7.39. The highest BCUT2D eigenvalue weighted by Crippen LogP contribution is 2.48. The fourth-order valence-corrected chi connectivity index (χ4v) is 4.09. The molecule has 0 spiro atoms. The van der Waals surface area contributed by atoms with Gasteiger partial charge in [-0.05, 0) is 44.4 Å². The third kappa shape index (κ3) is 2.51. The number of rotatable bonds is 3. The zero-order chi connectivity index (χ0) is 12.3. The van der Waals surface area contributed by atoms with Crippen LogP contribution >= 0.6 is 0 Å². The van der Waals surface area contributed by atoms with E-state index in [0.29, 0.717) is 11.8 Å². The van der Waals surface area contributed by atoms with Crippen molar-refractivity contribution in [2.45, 2.75) is 71.1 Å². The fraction of sp³-hybridized carbons (Fsp3) is 0.933. The number of aliphatic carboxylic acids is 1. The first-order chi connectivity index (χ1) is 8.15. The quantitative estimate of drug-likeness (QED) is 0.798. The van der Waals surface area contributed by atoms with Crippen LogP contribution in [0.5, 0.6) is 0 Å². The monoisotopic (exact) mass is 238 g/mol. The molecule has 0 bridgehead atoms. The summed E-state index contributed by atoms with van der Waals surface area (Å²) in [5.41, 5.74) is -0.444. The van der Waals surface area contributed by atoms with Crippen LogP contribution in [0.3, 0.4) is 0 Å². The molecule has 2 saturated carbocycles. The van der Waals surface area contributed by atoms with E-state index in [1.54, 1.807) is 0 Å². The molecule has 0 aromatic rings. The van der Waals surface area contributed by atoms with Crippen LogP contribution in [0.4, 0.5) is 0 Å². The fourth-order valence-electron chi connectivity index (χ4n) is 4.09. The van der Waals surface area contributed by atoms with Gasteiger partial charge in [0.05, 0.1) is 5.41 Å². The normalized spacial score (nSPS) is 24.8. The molecule has 17 heavy (non-hydrogen) atoms. The molecule has 0 radical (unpaired) electrons. The second-order valence-corrected chi connectivity index (χ2v) is 6.26. The van der Waals surface area contributed by atoms with Crippen LogP contribution in [0.1, 0.15) is 71.1 Å². The van der Waals surface area contributed by atoms with Gasteiger partial charge in [0, 0.05) is 0 Å². The van der Waals surface area contributed by atoms with Gasteiger partial charge in [0.25, 0.3) is 0 Å². The second-order valence-electron chi connectivity index (χ2n) is 6.26. The molecule has 0 atom stereocenters. The maximum Gasteiger partial charge on any atom is 0.309 e. The van der Waals surface area contributed by atoms with E-state index >= 15 is 0 Å². The summed E-state index contributed by atoms with van der Waals surface area (Å²) in [7, 11) is 0. The van der Waals surface area contributed by atoms with E-state index in [0.717, 1.165) is 25.7 Å². The topological polar surface area (TPSA) is 37.3 Å². The first kappa shape index (κ1) is 12.9. The molecule has 0 aromatic heterocycles. The van der Waals surface area contributed by atoms with Gasteiger partial charge in [-0.1, -0.05) is 38.5 Å². The van der Waals surface area contributed by atoms with E-state index in [1.807, 2.05) is 6.92 Å². The molecule has 2 aliphatic carbocycles. The van der Waals surface area contributed by atoms with Crippen molar-refractivity contribution in [2.75, 3.05) is 0 Å². The van der Waals surface area contributed by atoms with Crippen molar-refractivity contribution in [2.24, 2.45) is 17.3 Å². The Balaban J connectivity index is 2.14. The van der Waals surface area contributed by atoms with Crippen molar-refractivity contribution in [3.63, 3.8) is 0 Å². The van der Waals surface area contributed by atoms with E-state index in [4.69, 9.17) is 0 Å². The lowest BCUT2D eigenvalue weighted by Crippen LogP contribution is -2.44. The van der Waals surface area contributed by atoms with E-state index in [1.165, 1.54) is 38.5 Å². The molecule has 2 aliphatic rings. The van der Waals surface area contributed by atoms with E-state index in [2.05, 4.69) is 0 Å². The van der Waals surface area contributed by atoms with Crippen LogP contribution in [0.25, 0.3) is 0 Å². The first-order valence-corrected chi connectivity index (χ1v) is 7.39. The van der Waals surface area contributed by atoms with Crippen LogP contribution in [0.15, 0.2) is 0 Å². The van der Waals surface area contributed by atoms with Crippen LogP contribution in [0.2, 0.25) is 0 Å². The van der Waals surface area contributed by atoms with Gasteiger partial charge in [0.2, 0.25) is 0 Å². The van der Waals surface area contributed by atoms with Gasteiger partial charge in [0.1, 0.15) is 0 Å². The van der Waals surface area contributed by atoms with Gasteiger partial charge in [0.15, 0.2) is 0 Å². The number of carboxylic acids is 1. The molecule has 2 rings (SSSR count). The summed E-state index contributed by atoms with van der Waals surface area (Å²) in [4.78, 5) is 11.8. The summed E-state index contributed by atoms with van der Waals surface area (Å²) in [5.74, 6) is 0.324. The van der Waals surface area contributed by atoms with Crippen molar-refractivity contribution in [1.82, 2.24) is 0 Å². The predicted octanol–water partition coefficient (Wildman–Crippen LogP) is 4.24. The zero-order valence-electron chi connectivity index (χ0n) is 11.1.